The van der Waals surface area contributed by atoms with Gasteiger partial charge in [-0.2, -0.15) is 0 Å². The molecule has 0 fully saturated rings. The summed E-state index contributed by atoms with van der Waals surface area (Å²) in [6.45, 7) is 9.96. The average Bonchev–Trinajstić information content (AvgIpc) is 2.37. The topological polar surface area (TPSA) is 49.4 Å². The fourth-order valence-electron chi connectivity index (χ4n) is 2.33. The summed E-state index contributed by atoms with van der Waals surface area (Å²) in [5.74, 6) is -0.176. The lowest BCUT2D eigenvalue weighted by molar-refractivity contribution is -0.136. The van der Waals surface area contributed by atoms with E-state index in [1.54, 1.807) is 11.9 Å². The molecule has 0 aliphatic rings. The van der Waals surface area contributed by atoms with Crippen LogP contribution >= 0.6 is 0 Å². The SMILES string of the molecule is CC(=O)N[C@@H](C(=O)N(C)Cc1ccc(C)cc1C)C(C)C. The highest BCUT2D eigenvalue weighted by Gasteiger charge is 2.26. The van der Waals surface area contributed by atoms with Crippen molar-refractivity contribution in [3.05, 3.63) is 34.9 Å². The fraction of sp³-hybridized carbons (Fsp3) is 0.529. The van der Waals surface area contributed by atoms with Crippen molar-refractivity contribution in [2.24, 2.45) is 5.92 Å². The Kier molecular flexibility index (Phi) is 5.94. The van der Waals surface area contributed by atoms with Crippen molar-refractivity contribution >= 4 is 11.8 Å². The Morgan fingerprint density at radius 1 is 1.24 bits per heavy atom. The lowest BCUT2D eigenvalue weighted by atomic mass is 10.0. The Morgan fingerprint density at radius 3 is 2.33 bits per heavy atom. The maximum Gasteiger partial charge on any atom is 0.245 e. The van der Waals surface area contributed by atoms with E-state index < -0.39 is 6.04 Å². The molecule has 0 saturated heterocycles. The molecule has 21 heavy (non-hydrogen) atoms. The zero-order valence-electron chi connectivity index (χ0n) is 13.9. The summed E-state index contributed by atoms with van der Waals surface area (Å²) in [4.78, 5) is 25.4. The van der Waals surface area contributed by atoms with Gasteiger partial charge in [-0.25, -0.2) is 0 Å². The van der Waals surface area contributed by atoms with E-state index in [2.05, 4.69) is 24.4 Å². The van der Waals surface area contributed by atoms with Crippen molar-refractivity contribution in [3.63, 3.8) is 0 Å². The molecule has 0 aliphatic carbocycles. The van der Waals surface area contributed by atoms with E-state index in [0.29, 0.717) is 6.54 Å². The Bertz CT molecular complexity index is 524. The van der Waals surface area contributed by atoms with E-state index in [1.807, 2.05) is 26.8 Å². The molecule has 0 saturated carbocycles. The van der Waals surface area contributed by atoms with Gasteiger partial charge in [0.05, 0.1) is 0 Å². The van der Waals surface area contributed by atoms with Gasteiger partial charge < -0.3 is 10.2 Å². The first-order chi connectivity index (χ1) is 9.72. The molecular formula is C17H26N2O2. The van der Waals surface area contributed by atoms with Gasteiger partial charge in [-0.1, -0.05) is 37.6 Å². The van der Waals surface area contributed by atoms with Crippen molar-refractivity contribution in [1.29, 1.82) is 0 Å². The molecule has 0 radical (unpaired) electrons. The highest BCUT2D eigenvalue weighted by atomic mass is 16.2. The van der Waals surface area contributed by atoms with Gasteiger partial charge >= 0.3 is 0 Å². The smallest absolute Gasteiger partial charge is 0.245 e. The molecule has 116 valence electrons. The predicted molar refractivity (Wildman–Crippen MR) is 84.8 cm³/mol. The molecular weight excluding hydrogens is 264 g/mol. The van der Waals surface area contributed by atoms with E-state index in [1.165, 1.54) is 18.1 Å². The molecule has 1 rings (SSSR count). The van der Waals surface area contributed by atoms with Crippen LogP contribution in [0, 0.1) is 19.8 Å². The first kappa shape index (κ1) is 17.2. The number of nitrogens with zero attached hydrogens (tertiary/aromatic N) is 1. The average molecular weight is 290 g/mol. The van der Waals surface area contributed by atoms with Gasteiger partial charge in [-0.3, -0.25) is 9.59 Å². The summed E-state index contributed by atoms with van der Waals surface area (Å²) in [6.07, 6.45) is 0. The summed E-state index contributed by atoms with van der Waals surface area (Å²) in [6, 6.07) is 5.74. The normalized spacial score (nSPS) is 12.1. The van der Waals surface area contributed by atoms with Gasteiger partial charge in [0.2, 0.25) is 11.8 Å². The number of carbonyl (C=O) groups is 2. The number of benzene rings is 1. The van der Waals surface area contributed by atoms with Crippen molar-refractivity contribution in [1.82, 2.24) is 10.2 Å². The number of rotatable bonds is 5. The molecule has 0 unspecified atom stereocenters. The number of hydrogen-bond acceptors (Lipinski definition) is 2. The molecule has 4 nitrogen and oxygen atoms in total. The molecule has 1 N–H and O–H groups in total. The first-order valence-corrected chi connectivity index (χ1v) is 7.30. The van der Waals surface area contributed by atoms with Crippen LogP contribution in [0.1, 0.15) is 37.5 Å². The third-order valence-electron chi connectivity index (χ3n) is 3.57. The minimum atomic E-state index is -0.474. The van der Waals surface area contributed by atoms with Gasteiger partial charge in [0.25, 0.3) is 0 Å². The predicted octanol–water partition coefficient (Wildman–Crippen LogP) is 2.42. The van der Waals surface area contributed by atoms with Crippen LogP contribution < -0.4 is 5.32 Å². The van der Waals surface area contributed by atoms with Crippen LogP contribution in [0.2, 0.25) is 0 Å². The molecule has 1 aromatic rings. The van der Waals surface area contributed by atoms with E-state index >= 15 is 0 Å². The minimum Gasteiger partial charge on any atom is -0.344 e. The van der Waals surface area contributed by atoms with Crippen molar-refractivity contribution in [2.75, 3.05) is 7.05 Å². The van der Waals surface area contributed by atoms with Crippen LogP contribution in [0.15, 0.2) is 18.2 Å². The van der Waals surface area contributed by atoms with Crippen LogP contribution in [0.4, 0.5) is 0 Å². The molecule has 1 atom stereocenters. The van der Waals surface area contributed by atoms with Crippen LogP contribution in [0.5, 0.6) is 0 Å². The number of hydrogen-bond donors (Lipinski definition) is 1. The molecule has 0 aliphatic heterocycles. The number of carbonyl (C=O) groups excluding carboxylic acids is 2. The number of nitrogens with one attached hydrogen (secondary N) is 1. The van der Waals surface area contributed by atoms with E-state index in [4.69, 9.17) is 0 Å². The van der Waals surface area contributed by atoms with Gasteiger partial charge in [0.1, 0.15) is 6.04 Å². The van der Waals surface area contributed by atoms with E-state index in [0.717, 1.165) is 5.56 Å². The van der Waals surface area contributed by atoms with Crippen molar-refractivity contribution in [2.45, 2.75) is 47.2 Å². The lowest BCUT2D eigenvalue weighted by Crippen LogP contribution is -2.49. The maximum atomic E-state index is 12.5. The zero-order valence-corrected chi connectivity index (χ0v) is 13.9. The molecule has 2 amide bonds. The fourth-order valence-corrected chi connectivity index (χ4v) is 2.33. The second-order valence-corrected chi connectivity index (χ2v) is 6.05. The summed E-state index contributed by atoms with van der Waals surface area (Å²) in [7, 11) is 1.78. The van der Waals surface area contributed by atoms with Crippen LogP contribution in [-0.4, -0.2) is 29.8 Å². The standard InChI is InChI=1S/C17H26N2O2/c1-11(2)16(18-14(5)20)17(21)19(6)10-15-8-7-12(3)9-13(15)4/h7-9,11,16H,10H2,1-6H3,(H,18,20)/t16-/m1/s1. The van der Waals surface area contributed by atoms with Crippen LogP contribution in [0.25, 0.3) is 0 Å². The highest BCUT2D eigenvalue weighted by Crippen LogP contribution is 2.14. The molecule has 4 heteroatoms. The number of amides is 2. The second-order valence-electron chi connectivity index (χ2n) is 6.05. The molecule has 0 aromatic heterocycles. The van der Waals surface area contributed by atoms with Gasteiger partial charge in [-0.05, 0) is 30.9 Å². The van der Waals surface area contributed by atoms with Crippen molar-refractivity contribution < 1.29 is 9.59 Å². The summed E-state index contributed by atoms with van der Waals surface area (Å²) in [5, 5.41) is 2.74. The molecule has 0 bridgehead atoms. The van der Waals surface area contributed by atoms with Crippen LogP contribution in [0.3, 0.4) is 0 Å². The third kappa shape index (κ3) is 4.88. The third-order valence-corrected chi connectivity index (χ3v) is 3.57. The Hall–Kier alpha value is -1.84. The first-order valence-electron chi connectivity index (χ1n) is 7.30. The van der Waals surface area contributed by atoms with E-state index in [-0.39, 0.29) is 17.7 Å². The quantitative estimate of drug-likeness (QED) is 0.905. The second kappa shape index (κ2) is 7.25. The Morgan fingerprint density at radius 2 is 1.86 bits per heavy atom. The number of aryl methyl sites for hydroxylation is 2. The summed E-state index contributed by atoms with van der Waals surface area (Å²) < 4.78 is 0. The number of likely N-dealkylation sites (N-methyl/N-ethyl adjacent to an activating group) is 1. The maximum absolute atomic E-state index is 12.5. The van der Waals surface area contributed by atoms with Crippen molar-refractivity contribution in [3.8, 4) is 0 Å². The molecule has 0 spiro atoms. The minimum absolute atomic E-state index is 0.0554. The summed E-state index contributed by atoms with van der Waals surface area (Å²) >= 11 is 0. The highest BCUT2D eigenvalue weighted by molar-refractivity contribution is 5.86. The van der Waals surface area contributed by atoms with Crippen LogP contribution in [-0.2, 0) is 16.1 Å². The largest absolute Gasteiger partial charge is 0.344 e. The van der Waals surface area contributed by atoms with Gasteiger partial charge in [-0.15, -0.1) is 0 Å². The van der Waals surface area contributed by atoms with E-state index in [9.17, 15) is 9.59 Å². The lowest BCUT2D eigenvalue weighted by Gasteiger charge is -2.27. The molecule has 1 aromatic carbocycles. The molecule has 0 heterocycles. The van der Waals surface area contributed by atoms with Gasteiger partial charge in [0, 0.05) is 20.5 Å². The Labute approximate surface area is 127 Å². The monoisotopic (exact) mass is 290 g/mol. The van der Waals surface area contributed by atoms with Gasteiger partial charge in [0.15, 0.2) is 0 Å². The Balaban J connectivity index is 2.83. The zero-order chi connectivity index (χ0) is 16.2. The summed E-state index contributed by atoms with van der Waals surface area (Å²) in [5.41, 5.74) is 3.51.